The van der Waals surface area contributed by atoms with Crippen molar-refractivity contribution in [1.82, 2.24) is 24.3 Å². The molecule has 5 rings (SSSR count). The van der Waals surface area contributed by atoms with Crippen molar-refractivity contribution in [1.29, 1.82) is 0 Å². The molecule has 1 saturated heterocycles. The molecular formula is C29H29F3N6O3. The van der Waals surface area contributed by atoms with E-state index in [9.17, 15) is 22.8 Å². The molecule has 1 N–H and O–H groups in total. The summed E-state index contributed by atoms with van der Waals surface area (Å²) in [7, 11) is 1.98. The van der Waals surface area contributed by atoms with Gasteiger partial charge in [-0.25, -0.2) is 4.98 Å². The number of halogens is 3. The van der Waals surface area contributed by atoms with Gasteiger partial charge in [0.15, 0.2) is 5.75 Å². The van der Waals surface area contributed by atoms with Gasteiger partial charge < -0.3 is 15.0 Å². The number of likely N-dealkylation sites (N-methyl/N-ethyl adjacent to an activating group) is 1. The van der Waals surface area contributed by atoms with E-state index >= 15 is 0 Å². The molecule has 2 aromatic carbocycles. The van der Waals surface area contributed by atoms with Crippen molar-refractivity contribution in [3.05, 3.63) is 77.1 Å². The zero-order chi connectivity index (χ0) is 29.3. The fourth-order valence-electron chi connectivity index (χ4n) is 4.83. The van der Waals surface area contributed by atoms with Crippen LogP contribution in [-0.4, -0.2) is 75.9 Å². The summed E-state index contributed by atoms with van der Waals surface area (Å²) in [6.45, 7) is 6.51. The molecule has 4 aromatic rings. The predicted octanol–water partition coefficient (Wildman–Crippen LogP) is 4.23. The molecule has 1 amide bonds. The van der Waals surface area contributed by atoms with Crippen molar-refractivity contribution < 1.29 is 22.7 Å². The van der Waals surface area contributed by atoms with E-state index in [4.69, 9.17) is 0 Å². The quantitative estimate of drug-likeness (QED) is 0.374. The highest BCUT2D eigenvalue weighted by Crippen LogP contribution is 2.33. The van der Waals surface area contributed by atoms with E-state index in [0.717, 1.165) is 35.8 Å². The van der Waals surface area contributed by atoms with E-state index < -0.39 is 29.6 Å². The molecule has 41 heavy (non-hydrogen) atoms. The highest BCUT2D eigenvalue weighted by molar-refractivity contribution is 5.96. The third-order valence-corrected chi connectivity index (χ3v) is 7.30. The summed E-state index contributed by atoms with van der Waals surface area (Å²) in [5, 5.41) is 2.90. The van der Waals surface area contributed by atoms with Gasteiger partial charge in [-0.05, 0) is 68.4 Å². The van der Waals surface area contributed by atoms with Crippen LogP contribution in [0.3, 0.4) is 0 Å². The Kier molecular flexibility index (Phi) is 7.78. The molecule has 1 aliphatic rings. The van der Waals surface area contributed by atoms with E-state index in [-0.39, 0.29) is 11.4 Å². The Morgan fingerprint density at radius 2 is 1.83 bits per heavy atom. The Bertz CT molecular complexity index is 1650. The molecule has 1 aliphatic heterocycles. The molecule has 3 heterocycles. The second-order valence-corrected chi connectivity index (χ2v) is 10.1. The van der Waals surface area contributed by atoms with Crippen LogP contribution in [0.1, 0.15) is 12.5 Å². The lowest BCUT2D eigenvalue weighted by atomic mass is 10.0. The maximum atomic E-state index is 13.4. The van der Waals surface area contributed by atoms with Crippen LogP contribution >= 0.6 is 0 Å². The topological polar surface area (TPSA) is 92.6 Å². The predicted molar refractivity (Wildman–Crippen MR) is 149 cm³/mol. The average molecular weight is 567 g/mol. The smallest absolute Gasteiger partial charge is 0.404 e. The number of nitrogens with one attached hydrogen (secondary N) is 1. The van der Waals surface area contributed by atoms with Gasteiger partial charge in [0.1, 0.15) is 6.33 Å². The molecular weight excluding hydrogens is 537 g/mol. The molecule has 0 radical (unpaired) electrons. The van der Waals surface area contributed by atoms with E-state index in [1.807, 2.05) is 24.9 Å². The van der Waals surface area contributed by atoms with E-state index in [1.165, 1.54) is 23.0 Å². The van der Waals surface area contributed by atoms with Crippen molar-refractivity contribution in [3.8, 4) is 22.6 Å². The number of fused-ring (bicyclic) bond motifs is 1. The van der Waals surface area contributed by atoms with Crippen molar-refractivity contribution in [3.63, 3.8) is 0 Å². The molecule has 12 heteroatoms. The van der Waals surface area contributed by atoms with Crippen molar-refractivity contribution in [2.75, 3.05) is 38.5 Å². The molecule has 214 valence electrons. The molecule has 1 unspecified atom stereocenters. The average Bonchev–Trinajstić information content (AvgIpc) is 2.93. The van der Waals surface area contributed by atoms with Gasteiger partial charge in [-0.15, -0.1) is 13.2 Å². The second-order valence-electron chi connectivity index (χ2n) is 10.1. The Morgan fingerprint density at radius 1 is 1.07 bits per heavy atom. The molecule has 9 nitrogen and oxygen atoms in total. The summed E-state index contributed by atoms with van der Waals surface area (Å²) in [5.74, 6) is -1.07. The first-order chi connectivity index (χ1) is 19.5. The Hall–Kier alpha value is -4.29. The molecule has 0 spiro atoms. The number of nitrogens with zero attached hydrogens (tertiary/aromatic N) is 5. The third-order valence-electron chi connectivity index (χ3n) is 7.30. The lowest BCUT2D eigenvalue weighted by molar-refractivity contribution is -0.274. The summed E-state index contributed by atoms with van der Waals surface area (Å²) < 4.78 is 44.9. The third kappa shape index (κ3) is 6.23. The molecule has 0 aliphatic carbocycles. The first kappa shape index (κ1) is 28.2. The highest BCUT2D eigenvalue weighted by atomic mass is 19.4. The van der Waals surface area contributed by atoms with Gasteiger partial charge in [-0.1, -0.05) is 6.07 Å². The van der Waals surface area contributed by atoms with Crippen LogP contribution in [0.4, 0.5) is 18.9 Å². The number of rotatable bonds is 6. The number of aromatic nitrogens is 3. The molecule has 2 aromatic heterocycles. The lowest BCUT2D eigenvalue weighted by Gasteiger charge is -2.35. The summed E-state index contributed by atoms with van der Waals surface area (Å²) in [5.41, 5.74) is 2.82. The van der Waals surface area contributed by atoms with Gasteiger partial charge in [0.25, 0.3) is 5.56 Å². The molecule has 0 saturated carbocycles. The highest BCUT2D eigenvalue weighted by Gasteiger charge is 2.33. The standard InChI is InChI=1S/C29H29F3N6O3/c1-18-8-9-33-16-23(18)20-4-6-22-24(14-20)34-17-38(28(22)40)21-5-7-26(41-29(30,31)32)25(15-21)35-27(39)19(2)37-12-10-36(3)11-13-37/h4-9,14-17,19H,10-13H2,1-3H3,(H,35,39). The van der Waals surface area contributed by atoms with Gasteiger partial charge >= 0.3 is 6.36 Å². The SMILES string of the molecule is Cc1ccncc1-c1ccc2c(=O)n(-c3ccc(OC(F)(F)F)c(NC(=O)C(C)N4CCN(C)CC4)c3)cnc2c1. The van der Waals surface area contributed by atoms with Gasteiger partial charge in [0.2, 0.25) is 5.91 Å². The second kappa shape index (κ2) is 11.3. The number of hydrogen-bond acceptors (Lipinski definition) is 7. The van der Waals surface area contributed by atoms with Crippen molar-refractivity contribution in [2.45, 2.75) is 26.3 Å². The summed E-state index contributed by atoms with van der Waals surface area (Å²) in [6, 6.07) is 10.2. The fraction of sp³-hybridized carbons (Fsp3) is 0.310. The molecule has 1 atom stereocenters. The van der Waals surface area contributed by atoms with Crippen LogP contribution in [0.5, 0.6) is 5.75 Å². The van der Waals surface area contributed by atoms with Gasteiger partial charge in [-0.3, -0.25) is 24.0 Å². The number of aryl methyl sites for hydroxylation is 1. The van der Waals surface area contributed by atoms with E-state index in [0.29, 0.717) is 24.0 Å². The summed E-state index contributed by atoms with van der Waals surface area (Å²) >= 11 is 0. The van der Waals surface area contributed by atoms with E-state index in [2.05, 4.69) is 24.9 Å². The number of anilines is 1. The number of carbonyl (C=O) groups is 1. The monoisotopic (exact) mass is 566 g/mol. The number of alkyl halides is 3. The van der Waals surface area contributed by atoms with Crippen LogP contribution in [0.2, 0.25) is 0 Å². The van der Waals surface area contributed by atoms with Crippen LogP contribution < -0.4 is 15.6 Å². The minimum Gasteiger partial charge on any atom is -0.404 e. The zero-order valence-electron chi connectivity index (χ0n) is 22.8. The van der Waals surface area contributed by atoms with E-state index in [1.54, 1.807) is 37.5 Å². The number of benzene rings is 2. The first-order valence-corrected chi connectivity index (χ1v) is 13.1. The largest absolute Gasteiger partial charge is 0.573 e. The number of ether oxygens (including phenoxy) is 1. The van der Waals surface area contributed by atoms with Crippen LogP contribution in [0.25, 0.3) is 27.7 Å². The zero-order valence-corrected chi connectivity index (χ0v) is 22.8. The maximum Gasteiger partial charge on any atom is 0.573 e. The van der Waals surface area contributed by atoms with Crippen molar-refractivity contribution >= 4 is 22.5 Å². The van der Waals surface area contributed by atoms with Crippen LogP contribution in [-0.2, 0) is 4.79 Å². The summed E-state index contributed by atoms with van der Waals surface area (Å²) in [4.78, 5) is 39.2. The van der Waals surface area contributed by atoms with Gasteiger partial charge in [0, 0.05) is 44.1 Å². The van der Waals surface area contributed by atoms with Gasteiger partial charge in [-0.2, -0.15) is 0 Å². The number of amides is 1. The Labute approximate surface area is 234 Å². The minimum atomic E-state index is -4.98. The fourth-order valence-corrected chi connectivity index (χ4v) is 4.83. The summed E-state index contributed by atoms with van der Waals surface area (Å²) in [6.07, 6.45) is -0.230. The number of pyridine rings is 1. The Morgan fingerprint density at radius 3 is 2.54 bits per heavy atom. The molecule has 1 fully saturated rings. The van der Waals surface area contributed by atoms with Crippen molar-refractivity contribution in [2.24, 2.45) is 0 Å². The number of carbonyl (C=O) groups excluding carboxylic acids is 1. The molecule has 0 bridgehead atoms. The van der Waals surface area contributed by atoms with Gasteiger partial charge in [0.05, 0.1) is 28.3 Å². The van der Waals surface area contributed by atoms with Crippen LogP contribution in [0.15, 0.2) is 66.0 Å². The number of hydrogen-bond donors (Lipinski definition) is 1. The Balaban J connectivity index is 1.48. The minimum absolute atomic E-state index is 0.208. The number of piperazine rings is 1. The van der Waals surface area contributed by atoms with Crippen LogP contribution in [0, 0.1) is 6.92 Å². The first-order valence-electron chi connectivity index (χ1n) is 13.1. The maximum absolute atomic E-state index is 13.4. The normalized spacial score (nSPS) is 15.6. The lowest BCUT2D eigenvalue weighted by Crippen LogP contribution is -2.51.